The average Bonchev–Trinajstić information content (AvgIpc) is 1.99. The molecule has 2 heteroatoms. The minimum atomic E-state index is 0.503. The molecule has 1 aliphatic heterocycles. The highest BCUT2D eigenvalue weighted by molar-refractivity contribution is 5.46. The van der Waals surface area contributed by atoms with Gasteiger partial charge in [0.05, 0.1) is 7.11 Å². The lowest BCUT2D eigenvalue weighted by atomic mass is 9.93. The van der Waals surface area contributed by atoms with Crippen molar-refractivity contribution < 1.29 is 4.74 Å². The molecule has 14 heavy (non-hydrogen) atoms. The number of benzene rings is 1. The summed E-state index contributed by atoms with van der Waals surface area (Å²) in [6, 6.07) is 4.90. The summed E-state index contributed by atoms with van der Waals surface area (Å²) in [5.74, 6) is 1.05. The normalized spacial score (nSPS) is 20.4. The van der Waals surface area contributed by atoms with E-state index < -0.39 is 0 Å². The SMILES string of the molecule is COc1c(C)cc(C)cc1[C@H]1CCN1. The van der Waals surface area contributed by atoms with Crippen molar-refractivity contribution in [2.75, 3.05) is 13.7 Å². The molecule has 1 aromatic rings. The van der Waals surface area contributed by atoms with Crippen molar-refractivity contribution in [3.8, 4) is 5.75 Å². The number of nitrogens with one attached hydrogen (secondary N) is 1. The van der Waals surface area contributed by atoms with E-state index in [1.807, 2.05) is 0 Å². The molecule has 1 aromatic carbocycles. The van der Waals surface area contributed by atoms with Gasteiger partial charge < -0.3 is 10.1 Å². The first-order valence-electron chi connectivity index (χ1n) is 5.11. The van der Waals surface area contributed by atoms with Gasteiger partial charge in [0.1, 0.15) is 5.75 Å². The Morgan fingerprint density at radius 1 is 1.36 bits per heavy atom. The predicted molar refractivity (Wildman–Crippen MR) is 57.8 cm³/mol. The van der Waals surface area contributed by atoms with Gasteiger partial charge in [-0.1, -0.05) is 17.7 Å². The predicted octanol–water partition coefficient (Wildman–Crippen LogP) is 2.35. The first kappa shape index (κ1) is 9.53. The van der Waals surface area contributed by atoms with Gasteiger partial charge in [-0.05, 0) is 32.4 Å². The van der Waals surface area contributed by atoms with Crippen LogP contribution in [-0.2, 0) is 0 Å². The maximum absolute atomic E-state index is 5.45. The Labute approximate surface area is 85.3 Å². The van der Waals surface area contributed by atoms with Crippen LogP contribution in [0.5, 0.6) is 5.75 Å². The molecule has 76 valence electrons. The van der Waals surface area contributed by atoms with Gasteiger partial charge in [-0.25, -0.2) is 0 Å². The fourth-order valence-electron chi connectivity index (χ4n) is 2.08. The average molecular weight is 191 g/mol. The highest BCUT2D eigenvalue weighted by atomic mass is 16.5. The third kappa shape index (κ3) is 1.50. The number of hydrogen-bond donors (Lipinski definition) is 1. The van der Waals surface area contributed by atoms with Crippen LogP contribution in [0.2, 0.25) is 0 Å². The van der Waals surface area contributed by atoms with Gasteiger partial charge in [-0.3, -0.25) is 0 Å². The molecule has 0 aliphatic carbocycles. The van der Waals surface area contributed by atoms with Crippen LogP contribution in [0, 0.1) is 13.8 Å². The molecule has 1 aliphatic rings. The second-order valence-electron chi connectivity index (χ2n) is 4.00. The number of ether oxygens (including phenoxy) is 1. The highest BCUT2D eigenvalue weighted by Crippen LogP contribution is 2.34. The van der Waals surface area contributed by atoms with Crippen molar-refractivity contribution in [3.63, 3.8) is 0 Å². The second kappa shape index (κ2) is 3.62. The van der Waals surface area contributed by atoms with E-state index in [4.69, 9.17) is 4.74 Å². The van der Waals surface area contributed by atoms with Crippen molar-refractivity contribution in [3.05, 3.63) is 28.8 Å². The zero-order chi connectivity index (χ0) is 10.1. The molecule has 0 aromatic heterocycles. The number of aryl methyl sites for hydroxylation is 2. The third-order valence-corrected chi connectivity index (χ3v) is 2.85. The fraction of sp³-hybridized carbons (Fsp3) is 0.500. The first-order chi connectivity index (χ1) is 6.72. The van der Waals surface area contributed by atoms with E-state index in [1.54, 1.807) is 7.11 Å². The summed E-state index contributed by atoms with van der Waals surface area (Å²) in [5.41, 5.74) is 3.86. The summed E-state index contributed by atoms with van der Waals surface area (Å²) in [5, 5.41) is 3.41. The van der Waals surface area contributed by atoms with E-state index >= 15 is 0 Å². The molecule has 0 radical (unpaired) electrons. The monoisotopic (exact) mass is 191 g/mol. The Kier molecular flexibility index (Phi) is 2.46. The molecule has 1 heterocycles. The van der Waals surface area contributed by atoms with E-state index in [1.165, 1.54) is 23.1 Å². The molecule has 2 rings (SSSR count). The summed E-state index contributed by atoms with van der Waals surface area (Å²) in [6.07, 6.45) is 1.22. The Morgan fingerprint density at radius 2 is 2.07 bits per heavy atom. The summed E-state index contributed by atoms with van der Waals surface area (Å²) in [6.45, 7) is 5.36. The largest absolute Gasteiger partial charge is 0.496 e. The van der Waals surface area contributed by atoms with Crippen molar-refractivity contribution in [2.45, 2.75) is 26.3 Å². The van der Waals surface area contributed by atoms with Crippen LogP contribution in [0.4, 0.5) is 0 Å². The molecule has 1 fully saturated rings. The second-order valence-corrected chi connectivity index (χ2v) is 4.00. The minimum absolute atomic E-state index is 0.503. The maximum atomic E-state index is 5.45. The lowest BCUT2D eigenvalue weighted by Crippen LogP contribution is -2.35. The molecule has 0 unspecified atom stereocenters. The van der Waals surface area contributed by atoms with Crippen molar-refractivity contribution in [2.24, 2.45) is 0 Å². The Bertz CT molecular complexity index is 342. The molecular formula is C12H17NO. The molecule has 0 saturated carbocycles. The van der Waals surface area contributed by atoms with Crippen LogP contribution in [-0.4, -0.2) is 13.7 Å². The van der Waals surface area contributed by atoms with Gasteiger partial charge in [-0.15, -0.1) is 0 Å². The number of methoxy groups -OCH3 is 1. The van der Waals surface area contributed by atoms with Crippen molar-refractivity contribution in [1.82, 2.24) is 5.32 Å². The molecule has 1 atom stereocenters. The van der Waals surface area contributed by atoms with Gasteiger partial charge in [0.25, 0.3) is 0 Å². The minimum Gasteiger partial charge on any atom is -0.496 e. The number of rotatable bonds is 2. The topological polar surface area (TPSA) is 21.3 Å². The van der Waals surface area contributed by atoms with Crippen LogP contribution < -0.4 is 10.1 Å². The van der Waals surface area contributed by atoms with E-state index in [2.05, 4.69) is 31.3 Å². The molecule has 2 nitrogen and oxygen atoms in total. The van der Waals surface area contributed by atoms with E-state index in [0.29, 0.717) is 6.04 Å². The van der Waals surface area contributed by atoms with Crippen molar-refractivity contribution >= 4 is 0 Å². The van der Waals surface area contributed by atoms with Crippen LogP contribution in [0.25, 0.3) is 0 Å². The van der Waals surface area contributed by atoms with Gasteiger partial charge >= 0.3 is 0 Å². The standard InChI is InChI=1S/C12H17NO/c1-8-6-9(2)12(14-3)10(7-8)11-4-5-13-11/h6-7,11,13H,4-5H2,1-3H3/t11-/m1/s1. The summed E-state index contributed by atoms with van der Waals surface area (Å²) in [4.78, 5) is 0. The molecular weight excluding hydrogens is 174 g/mol. The Balaban J connectivity index is 2.44. The smallest absolute Gasteiger partial charge is 0.126 e. The zero-order valence-electron chi connectivity index (χ0n) is 9.05. The van der Waals surface area contributed by atoms with Gasteiger partial charge in [-0.2, -0.15) is 0 Å². The molecule has 1 saturated heterocycles. The molecule has 0 spiro atoms. The summed E-state index contributed by atoms with van der Waals surface area (Å²) >= 11 is 0. The maximum Gasteiger partial charge on any atom is 0.126 e. The quantitative estimate of drug-likeness (QED) is 0.774. The van der Waals surface area contributed by atoms with E-state index in [0.717, 1.165) is 12.3 Å². The van der Waals surface area contributed by atoms with E-state index in [9.17, 15) is 0 Å². The highest BCUT2D eigenvalue weighted by Gasteiger charge is 2.22. The van der Waals surface area contributed by atoms with Crippen LogP contribution in [0.1, 0.15) is 29.2 Å². The molecule has 0 bridgehead atoms. The van der Waals surface area contributed by atoms with Crippen molar-refractivity contribution in [1.29, 1.82) is 0 Å². The van der Waals surface area contributed by atoms with E-state index in [-0.39, 0.29) is 0 Å². The van der Waals surface area contributed by atoms with Crippen LogP contribution in [0.15, 0.2) is 12.1 Å². The van der Waals surface area contributed by atoms with Crippen LogP contribution in [0.3, 0.4) is 0 Å². The Hall–Kier alpha value is -1.02. The lowest BCUT2D eigenvalue weighted by Gasteiger charge is -2.30. The third-order valence-electron chi connectivity index (χ3n) is 2.85. The number of hydrogen-bond acceptors (Lipinski definition) is 2. The first-order valence-corrected chi connectivity index (χ1v) is 5.11. The fourth-order valence-corrected chi connectivity index (χ4v) is 2.08. The Morgan fingerprint density at radius 3 is 2.57 bits per heavy atom. The van der Waals surface area contributed by atoms with Gasteiger partial charge in [0.2, 0.25) is 0 Å². The molecule has 0 amide bonds. The summed E-state index contributed by atoms with van der Waals surface area (Å²) < 4.78 is 5.45. The summed E-state index contributed by atoms with van der Waals surface area (Å²) in [7, 11) is 1.75. The lowest BCUT2D eigenvalue weighted by molar-refractivity contribution is 0.352. The van der Waals surface area contributed by atoms with Gasteiger partial charge in [0, 0.05) is 11.6 Å². The molecule has 1 N–H and O–H groups in total. The van der Waals surface area contributed by atoms with Crippen LogP contribution >= 0.6 is 0 Å². The zero-order valence-corrected chi connectivity index (χ0v) is 9.05. The van der Waals surface area contributed by atoms with Gasteiger partial charge in [0.15, 0.2) is 0 Å².